The Kier molecular flexibility index (Phi) is 9.06. The lowest BCUT2D eigenvalue weighted by atomic mass is 9.83. The fourth-order valence-electron chi connectivity index (χ4n) is 6.41. The quantitative estimate of drug-likeness (QED) is 0.186. The molecule has 5 heteroatoms. The number of benzene rings is 4. The van der Waals surface area contributed by atoms with Crippen molar-refractivity contribution in [2.24, 2.45) is 0 Å². The van der Waals surface area contributed by atoms with E-state index in [4.69, 9.17) is 25.8 Å². The highest BCUT2D eigenvalue weighted by atomic mass is 35.5. The maximum atomic E-state index is 15.7. The van der Waals surface area contributed by atoms with Gasteiger partial charge in [0, 0.05) is 24.3 Å². The van der Waals surface area contributed by atoms with E-state index in [1.54, 1.807) is 0 Å². The van der Waals surface area contributed by atoms with E-state index < -0.39 is 11.8 Å². The molecule has 3 nitrogen and oxygen atoms in total. The maximum Gasteiger partial charge on any atom is 0.129 e. The molecule has 1 aliphatic carbocycles. The summed E-state index contributed by atoms with van der Waals surface area (Å²) < 4.78 is 35.2. The molecule has 0 bridgehead atoms. The van der Waals surface area contributed by atoms with Crippen LogP contribution in [0.25, 0.3) is 0 Å². The van der Waals surface area contributed by atoms with Crippen molar-refractivity contribution >= 4 is 11.6 Å². The van der Waals surface area contributed by atoms with Gasteiger partial charge in [-0.3, -0.25) is 0 Å². The number of alkyl halides is 1. The van der Waals surface area contributed by atoms with Gasteiger partial charge in [-0.05, 0) is 57.9 Å². The first-order valence-corrected chi connectivity index (χ1v) is 15.4. The van der Waals surface area contributed by atoms with Crippen molar-refractivity contribution in [3.63, 3.8) is 0 Å². The van der Waals surface area contributed by atoms with E-state index in [0.29, 0.717) is 49.7 Å². The molecule has 0 radical (unpaired) electrons. The first-order valence-electron chi connectivity index (χ1n) is 15.0. The Morgan fingerprint density at radius 1 is 0.833 bits per heavy atom. The van der Waals surface area contributed by atoms with Crippen LogP contribution in [0, 0.1) is 0 Å². The molecule has 1 spiro atoms. The van der Waals surface area contributed by atoms with Crippen LogP contribution in [0.15, 0.2) is 97.1 Å². The van der Waals surface area contributed by atoms with Gasteiger partial charge >= 0.3 is 0 Å². The fraction of sp³-hybridized carbons (Fsp3) is 0.351. The van der Waals surface area contributed by atoms with Crippen LogP contribution in [0.1, 0.15) is 71.3 Å². The fourth-order valence-corrected chi connectivity index (χ4v) is 6.65. The van der Waals surface area contributed by atoms with Gasteiger partial charge in [0.25, 0.3) is 0 Å². The van der Waals surface area contributed by atoms with Gasteiger partial charge in [-0.1, -0.05) is 110 Å². The first-order chi connectivity index (χ1) is 20.5. The van der Waals surface area contributed by atoms with Crippen molar-refractivity contribution in [2.75, 3.05) is 6.61 Å². The lowest BCUT2D eigenvalue weighted by Crippen LogP contribution is -2.45. The Morgan fingerprint density at radius 2 is 1.50 bits per heavy atom. The predicted octanol–water partition coefficient (Wildman–Crippen LogP) is 9.08. The van der Waals surface area contributed by atoms with Crippen LogP contribution in [0.3, 0.4) is 0 Å². The summed E-state index contributed by atoms with van der Waals surface area (Å²) in [4.78, 5) is 0. The Bertz CT molecular complexity index is 1460. The number of hydrogen-bond acceptors (Lipinski definition) is 3. The standard InChI is InChI=1S/C37H38ClFO3/c1-2-26-13-15-27(16-14-26)17-30-18-34-33(20-35(30)38)36(39)22-37(34)21-31(41-24-29-11-7-4-8-12-29)19-32(42-37)25-40-23-28-9-5-3-6-10-28/h3-16,18,20,31-32,36H,2,17,19,21-25H2,1H3. The molecule has 6 rings (SSSR count). The predicted molar refractivity (Wildman–Crippen MR) is 165 cm³/mol. The van der Waals surface area contributed by atoms with E-state index in [9.17, 15) is 0 Å². The number of fused-ring (bicyclic) bond motifs is 2. The van der Waals surface area contributed by atoms with Crippen molar-refractivity contribution in [3.05, 3.63) is 141 Å². The van der Waals surface area contributed by atoms with Gasteiger partial charge in [0.05, 0.1) is 37.6 Å². The van der Waals surface area contributed by atoms with Gasteiger partial charge in [-0.2, -0.15) is 0 Å². The van der Waals surface area contributed by atoms with Crippen molar-refractivity contribution < 1.29 is 18.6 Å². The van der Waals surface area contributed by atoms with Crippen LogP contribution < -0.4 is 0 Å². The summed E-state index contributed by atoms with van der Waals surface area (Å²) in [7, 11) is 0. The third-order valence-corrected chi connectivity index (χ3v) is 8.95. The molecular weight excluding hydrogens is 547 g/mol. The number of aryl methyl sites for hydroxylation is 1. The summed E-state index contributed by atoms with van der Waals surface area (Å²) in [5.74, 6) is 0. The number of ether oxygens (including phenoxy) is 3. The van der Waals surface area contributed by atoms with E-state index in [1.807, 2.05) is 42.5 Å². The smallest absolute Gasteiger partial charge is 0.129 e. The minimum atomic E-state index is -1.14. The summed E-state index contributed by atoms with van der Waals surface area (Å²) in [5.41, 5.74) is 6.45. The zero-order valence-electron chi connectivity index (χ0n) is 24.1. The highest BCUT2D eigenvalue weighted by Crippen LogP contribution is 2.54. The maximum absolute atomic E-state index is 15.7. The van der Waals surface area contributed by atoms with Crippen LogP contribution in [-0.2, 0) is 45.9 Å². The molecule has 1 fully saturated rings. The third kappa shape index (κ3) is 6.63. The highest BCUT2D eigenvalue weighted by Gasteiger charge is 2.51. The second-order valence-electron chi connectivity index (χ2n) is 11.6. The molecule has 4 aromatic rings. The zero-order chi connectivity index (χ0) is 28.9. The van der Waals surface area contributed by atoms with E-state index in [-0.39, 0.29) is 18.6 Å². The molecule has 1 aliphatic heterocycles. The van der Waals surface area contributed by atoms with Crippen LogP contribution in [0.5, 0.6) is 0 Å². The van der Waals surface area contributed by atoms with Crippen molar-refractivity contribution in [1.82, 2.24) is 0 Å². The third-order valence-electron chi connectivity index (χ3n) is 8.60. The van der Waals surface area contributed by atoms with Gasteiger partial charge in [-0.25, -0.2) is 4.39 Å². The Hall–Kier alpha value is -3.02. The van der Waals surface area contributed by atoms with Gasteiger partial charge in [0.1, 0.15) is 6.17 Å². The van der Waals surface area contributed by atoms with E-state index >= 15 is 4.39 Å². The lowest BCUT2D eigenvalue weighted by Gasteiger charge is -2.43. The summed E-state index contributed by atoms with van der Waals surface area (Å²) in [6.07, 6.45) is 1.77. The van der Waals surface area contributed by atoms with Gasteiger partial charge < -0.3 is 14.2 Å². The van der Waals surface area contributed by atoms with Crippen LogP contribution in [0.4, 0.5) is 4.39 Å². The second-order valence-corrected chi connectivity index (χ2v) is 12.0. The van der Waals surface area contributed by atoms with Crippen LogP contribution in [-0.4, -0.2) is 18.8 Å². The molecule has 0 amide bonds. The molecular formula is C37H38ClFO3. The van der Waals surface area contributed by atoms with E-state index in [1.165, 1.54) is 11.1 Å². The van der Waals surface area contributed by atoms with Gasteiger partial charge in [0.15, 0.2) is 0 Å². The average molecular weight is 585 g/mol. The Balaban J connectivity index is 1.26. The summed E-state index contributed by atoms with van der Waals surface area (Å²) in [5, 5.41) is 0.600. The zero-order valence-corrected chi connectivity index (χ0v) is 24.9. The van der Waals surface area contributed by atoms with Crippen LogP contribution in [0.2, 0.25) is 5.02 Å². The monoisotopic (exact) mass is 584 g/mol. The molecule has 4 atom stereocenters. The molecule has 4 unspecified atom stereocenters. The van der Waals surface area contributed by atoms with E-state index in [2.05, 4.69) is 61.5 Å². The van der Waals surface area contributed by atoms with Crippen molar-refractivity contribution in [1.29, 1.82) is 0 Å². The molecule has 2 aliphatic rings. The molecule has 4 aromatic carbocycles. The number of halogens is 2. The van der Waals surface area contributed by atoms with Gasteiger partial charge in [0.2, 0.25) is 0 Å². The second kappa shape index (κ2) is 13.1. The Morgan fingerprint density at radius 3 is 2.19 bits per heavy atom. The average Bonchev–Trinajstić information content (AvgIpc) is 3.26. The largest absolute Gasteiger partial charge is 0.374 e. The topological polar surface area (TPSA) is 27.7 Å². The lowest BCUT2D eigenvalue weighted by molar-refractivity contribution is -0.198. The Labute approximate surface area is 253 Å². The minimum Gasteiger partial charge on any atom is -0.374 e. The minimum absolute atomic E-state index is 0.0943. The van der Waals surface area contributed by atoms with E-state index in [0.717, 1.165) is 28.7 Å². The molecule has 0 aromatic heterocycles. The normalized spacial score (nSPS) is 23.3. The summed E-state index contributed by atoms with van der Waals surface area (Å²) in [6.45, 7) is 3.57. The highest BCUT2D eigenvalue weighted by molar-refractivity contribution is 6.31. The molecule has 218 valence electrons. The molecule has 42 heavy (non-hydrogen) atoms. The molecule has 0 saturated carbocycles. The molecule has 1 saturated heterocycles. The van der Waals surface area contributed by atoms with Crippen LogP contribution >= 0.6 is 11.6 Å². The SMILES string of the molecule is CCc1ccc(Cc2cc3c(cc2Cl)C(F)CC32CC(OCc3ccccc3)CC(COCc3ccccc3)O2)cc1. The first kappa shape index (κ1) is 29.1. The van der Waals surface area contributed by atoms with Crippen molar-refractivity contribution in [3.8, 4) is 0 Å². The molecule has 1 heterocycles. The molecule has 0 N–H and O–H groups in total. The number of rotatable bonds is 10. The summed E-state index contributed by atoms with van der Waals surface area (Å²) >= 11 is 6.76. The summed E-state index contributed by atoms with van der Waals surface area (Å²) in [6, 6.07) is 32.8. The van der Waals surface area contributed by atoms with Crippen molar-refractivity contribution in [2.45, 2.75) is 76.2 Å². The van der Waals surface area contributed by atoms with Gasteiger partial charge in [-0.15, -0.1) is 0 Å². The number of hydrogen-bond donors (Lipinski definition) is 0.